The Morgan fingerprint density at radius 2 is 2.00 bits per heavy atom. The molecule has 2 aliphatic rings. The Hall–Kier alpha value is -1.30. The van der Waals surface area contributed by atoms with Gasteiger partial charge in [-0.3, -0.25) is 0 Å². The number of rotatable bonds is 4. The number of fused-ring (bicyclic) bond motifs is 2. The van der Waals surface area contributed by atoms with Crippen LogP contribution >= 0.6 is 0 Å². The lowest BCUT2D eigenvalue weighted by atomic mass is 9.88. The second-order valence-corrected chi connectivity index (χ2v) is 6.79. The van der Waals surface area contributed by atoms with Crippen LogP contribution in [0.25, 0.3) is 0 Å². The molecule has 2 saturated carbocycles. The van der Waals surface area contributed by atoms with Crippen LogP contribution in [0.4, 0.5) is 0 Å². The van der Waals surface area contributed by atoms with E-state index >= 15 is 0 Å². The highest BCUT2D eigenvalue weighted by molar-refractivity contribution is 5.36. The van der Waals surface area contributed by atoms with Gasteiger partial charge in [-0.05, 0) is 61.8 Å². The van der Waals surface area contributed by atoms with Crippen molar-refractivity contribution in [3.05, 3.63) is 35.4 Å². The summed E-state index contributed by atoms with van der Waals surface area (Å²) in [6, 6.07) is 8.39. The molecule has 2 heteroatoms. The lowest BCUT2D eigenvalue weighted by Gasteiger charge is -2.27. The van der Waals surface area contributed by atoms with E-state index in [2.05, 4.69) is 35.9 Å². The molecule has 2 fully saturated rings. The first-order chi connectivity index (χ1) is 10.2. The predicted molar refractivity (Wildman–Crippen MR) is 85.7 cm³/mol. The minimum absolute atomic E-state index is 0.0754. The molecule has 3 atom stereocenters. The van der Waals surface area contributed by atoms with Gasteiger partial charge in [0.1, 0.15) is 6.61 Å². The molecule has 2 aliphatic carbocycles. The first kappa shape index (κ1) is 14.6. The molecule has 0 radical (unpaired) electrons. The van der Waals surface area contributed by atoms with Crippen molar-refractivity contribution in [2.75, 3.05) is 20.2 Å². The number of aliphatic hydroxyl groups is 1. The maximum Gasteiger partial charge on any atom is 0.104 e. The van der Waals surface area contributed by atoms with Crippen LogP contribution in [0.5, 0.6) is 0 Å². The topological polar surface area (TPSA) is 23.5 Å². The van der Waals surface area contributed by atoms with Gasteiger partial charge in [0, 0.05) is 18.7 Å². The highest BCUT2D eigenvalue weighted by Gasteiger charge is 2.39. The minimum atomic E-state index is -0.0754. The number of aliphatic hydroxyl groups excluding tert-OH is 1. The van der Waals surface area contributed by atoms with Crippen LogP contribution in [0.3, 0.4) is 0 Å². The Bertz CT molecular complexity index is 525. The molecular formula is C19H25NO. The zero-order valence-corrected chi connectivity index (χ0v) is 12.9. The SMILES string of the molecule is CN(Cc1ccc(C#CCO)cc1)CC1CC2CCC1C2. The van der Waals surface area contributed by atoms with Gasteiger partial charge in [-0.1, -0.05) is 30.4 Å². The van der Waals surface area contributed by atoms with Crippen molar-refractivity contribution < 1.29 is 5.11 Å². The zero-order valence-electron chi connectivity index (χ0n) is 12.9. The van der Waals surface area contributed by atoms with Gasteiger partial charge in [0.2, 0.25) is 0 Å². The molecule has 2 bridgehead atoms. The van der Waals surface area contributed by atoms with Gasteiger partial charge in [0.25, 0.3) is 0 Å². The summed E-state index contributed by atoms with van der Waals surface area (Å²) in [5.41, 5.74) is 2.32. The van der Waals surface area contributed by atoms with Crippen LogP contribution in [-0.2, 0) is 6.54 Å². The van der Waals surface area contributed by atoms with Crippen molar-refractivity contribution in [2.24, 2.45) is 17.8 Å². The third-order valence-electron chi connectivity index (χ3n) is 5.15. The Labute approximate surface area is 128 Å². The molecule has 3 unspecified atom stereocenters. The summed E-state index contributed by atoms with van der Waals surface area (Å²) >= 11 is 0. The standard InChI is InChI=1S/C19H25NO/c1-20(14-19-12-17-8-9-18(19)11-17)13-16-6-4-15(5-7-16)3-2-10-21/h4-7,17-19,21H,8-14H2,1H3. The number of hydrogen-bond acceptors (Lipinski definition) is 2. The average Bonchev–Trinajstić information content (AvgIpc) is 3.09. The Morgan fingerprint density at radius 3 is 2.62 bits per heavy atom. The smallest absolute Gasteiger partial charge is 0.104 e. The number of nitrogens with zero attached hydrogens (tertiary/aromatic N) is 1. The van der Waals surface area contributed by atoms with Crippen LogP contribution in [0.2, 0.25) is 0 Å². The molecule has 2 nitrogen and oxygen atoms in total. The minimum Gasteiger partial charge on any atom is -0.384 e. The average molecular weight is 283 g/mol. The van der Waals surface area contributed by atoms with Crippen LogP contribution in [-0.4, -0.2) is 30.2 Å². The Balaban J connectivity index is 1.51. The summed E-state index contributed by atoms with van der Waals surface area (Å²) in [5.74, 6) is 8.60. The van der Waals surface area contributed by atoms with E-state index < -0.39 is 0 Å². The maximum absolute atomic E-state index is 8.70. The second kappa shape index (κ2) is 6.64. The maximum atomic E-state index is 8.70. The van der Waals surface area contributed by atoms with Gasteiger partial charge in [-0.15, -0.1) is 0 Å². The van der Waals surface area contributed by atoms with Crippen molar-refractivity contribution in [3.63, 3.8) is 0 Å². The summed E-state index contributed by atoms with van der Waals surface area (Å²) in [4.78, 5) is 2.47. The van der Waals surface area contributed by atoms with Crippen molar-refractivity contribution >= 4 is 0 Å². The molecule has 0 aliphatic heterocycles. The summed E-state index contributed by atoms with van der Waals surface area (Å²) in [5, 5.41) is 8.70. The second-order valence-electron chi connectivity index (χ2n) is 6.79. The van der Waals surface area contributed by atoms with Crippen molar-refractivity contribution in [3.8, 4) is 11.8 Å². The molecule has 21 heavy (non-hydrogen) atoms. The summed E-state index contributed by atoms with van der Waals surface area (Å²) < 4.78 is 0. The normalized spacial score (nSPS) is 26.9. The fourth-order valence-corrected chi connectivity index (χ4v) is 4.21. The highest BCUT2D eigenvalue weighted by atomic mass is 16.2. The van der Waals surface area contributed by atoms with Gasteiger partial charge in [0.05, 0.1) is 0 Å². The van der Waals surface area contributed by atoms with E-state index in [0.29, 0.717) is 0 Å². The molecule has 0 spiro atoms. The number of benzene rings is 1. The van der Waals surface area contributed by atoms with E-state index in [4.69, 9.17) is 5.11 Å². The third-order valence-corrected chi connectivity index (χ3v) is 5.15. The van der Waals surface area contributed by atoms with E-state index in [9.17, 15) is 0 Å². The summed E-state index contributed by atoms with van der Waals surface area (Å²) in [6.07, 6.45) is 5.92. The van der Waals surface area contributed by atoms with E-state index in [1.165, 1.54) is 37.8 Å². The van der Waals surface area contributed by atoms with Crippen LogP contribution in [0.1, 0.15) is 36.8 Å². The zero-order chi connectivity index (χ0) is 14.7. The lowest BCUT2D eigenvalue weighted by molar-refractivity contribution is 0.214. The van der Waals surface area contributed by atoms with E-state index in [1.807, 2.05) is 12.1 Å². The van der Waals surface area contributed by atoms with E-state index in [0.717, 1.165) is 29.9 Å². The molecule has 112 valence electrons. The predicted octanol–water partition coefficient (Wildman–Crippen LogP) is 2.90. The molecule has 0 saturated heterocycles. The highest BCUT2D eigenvalue weighted by Crippen LogP contribution is 2.48. The molecule has 1 aromatic rings. The van der Waals surface area contributed by atoms with E-state index in [-0.39, 0.29) is 6.61 Å². The van der Waals surface area contributed by atoms with Gasteiger partial charge < -0.3 is 10.0 Å². The van der Waals surface area contributed by atoms with Crippen LogP contribution in [0, 0.1) is 29.6 Å². The Morgan fingerprint density at radius 1 is 1.19 bits per heavy atom. The van der Waals surface area contributed by atoms with E-state index in [1.54, 1.807) is 0 Å². The van der Waals surface area contributed by atoms with Crippen molar-refractivity contribution in [2.45, 2.75) is 32.2 Å². The first-order valence-electron chi connectivity index (χ1n) is 8.12. The quantitative estimate of drug-likeness (QED) is 0.859. The molecule has 3 rings (SSSR count). The molecule has 0 aromatic heterocycles. The Kier molecular flexibility index (Phi) is 4.63. The first-order valence-corrected chi connectivity index (χ1v) is 8.12. The van der Waals surface area contributed by atoms with Gasteiger partial charge in [-0.2, -0.15) is 0 Å². The van der Waals surface area contributed by atoms with Gasteiger partial charge >= 0.3 is 0 Å². The fraction of sp³-hybridized carbons (Fsp3) is 0.579. The third kappa shape index (κ3) is 3.67. The van der Waals surface area contributed by atoms with Gasteiger partial charge in [0.15, 0.2) is 0 Å². The van der Waals surface area contributed by atoms with Gasteiger partial charge in [-0.25, -0.2) is 0 Å². The van der Waals surface area contributed by atoms with Crippen LogP contribution in [0.15, 0.2) is 24.3 Å². The van der Waals surface area contributed by atoms with Crippen molar-refractivity contribution in [1.29, 1.82) is 0 Å². The van der Waals surface area contributed by atoms with Crippen molar-refractivity contribution in [1.82, 2.24) is 4.90 Å². The molecule has 1 N–H and O–H groups in total. The van der Waals surface area contributed by atoms with Crippen LogP contribution < -0.4 is 0 Å². The molecule has 1 aromatic carbocycles. The summed E-state index contributed by atoms with van der Waals surface area (Å²) in [6.45, 7) is 2.18. The molecular weight excluding hydrogens is 258 g/mol. The fourth-order valence-electron chi connectivity index (χ4n) is 4.21. The number of hydrogen-bond donors (Lipinski definition) is 1. The summed E-state index contributed by atoms with van der Waals surface area (Å²) in [7, 11) is 2.24. The lowest BCUT2D eigenvalue weighted by Crippen LogP contribution is -2.28. The molecule has 0 amide bonds. The monoisotopic (exact) mass is 283 g/mol. The molecule has 0 heterocycles. The largest absolute Gasteiger partial charge is 0.384 e.